The van der Waals surface area contributed by atoms with E-state index in [1.54, 1.807) is 6.26 Å². The Balaban J connectivity index is 1.63. The Kier molecular flexibility index (Phi) is 3.14. The van der Waals surface area contributed by atoms with Crippen molar-refractivity contribution in [1.82, 2.24) is 14.8 Å². The van der Waals surface area contributed by atoms with Gasteiger partial charge in [-0.1, -0.05) is 48.5 Å². The predicted octanol–water partition coefficient (Wildman–Crippen LogP) is 5.99. The minimum absolute atomic E-state index is 0.800. The lowest BCUT2D eigenvalue weighted by Crippen LogP contribution is -1.99. The van der Waals surface area contributed by atoms with Gasteiger partial charge in [0.15, 0.2) is 5.82 Å². The van der Waals surface area contributed by atoms with Gasteiger partial charge in [0, 0.05) is 21.7 Å². The summed E-state index contributed by atoms with van der Waals surface area (Å²) in [6.45, 7) is 0. The first-order chi connectivity index (χ1) is 13.9. The first-order valence-electron chi connectivity index (χ1n) is 9.19. The highest BCUT2D eigenvalue weighted by atomic mass is 16.3. The molecule has 0 saturated heterocycles. The van der Waals surface area contributed by atoms with E-state index in [9.17, 15) is 0 Å². The molecule has 3 heterocycles. The number of hydrogen-bond donors (Lipinski definition) is 0. The fourth-order valence-corrected chi connectivity index (χ4v) is 3.97. The van der Waals surface area contributed by atoms with Crippen LogP contribution in [0.5, 0.6) is 0 Å². The fraction of sp³-hybridized carbons (Fsp3) is 0. The smallest absolute Gasteiger partial charge is 0.160 e. The van der Waals surface area contributed by atoms with E-state index < -0.39 is 0 Å². The van der Waals surface area contributed by atoms with Crippen molar-refractivity contribution >= 4 is 32.8 Å². The Hall–Kier alpha value is -3.92. The molecule has 28 heavy (non-hydrogen) atoms. The van der Waals surface area contributed by atoms with Gasteiger partial charge < -0.3 is 4.42 Å². The maximum atomic E-state index is 5.62. The molecule has 0 aliphatic rings. The number of fused-ring (bicyclic) bond motifs is 5. The van der Waals surface area contributed by atoms with Crippen molar-refractivity contribution in [3.63, 3.8) is 0 Å². The topological polar surface area (TPSA) is 43.9 Å². The molecule has 0 N–H and O–H groups in total. The van der Waals surface area contributed by atoms with E-state index >= 15 is 0 Å². The van der Waals surface area contributed by atoms with Gasteiger partial charge in [-0.3, -0.25) is 4.57 Å². The molecule has 6 rings (SSSR count). The standard InChI is InChI=1S/C24H15N3O/c1-2-6-16(7-3-1)19-10-13-23(26-25-19)27-20-9-5-4-8-17(20)24-18-14-15-28-22(18)12-11-21(24)27/h1-15H. The van der Waals surface area contributed by atoms with Crippen molar-refractivity contribution in [1.29, 1.82) is 0 Å². The third kappa shape index (κ3) is 2.12. The summed E-state index contributed by atoms with van der Waals surface area (Å²) < 4.78 is 7.78. The summed E-state index contributed by atoms with van der Waals surface area (Å²) in [6, 6.07) is 28.7. The highest BCUT2D eigenvalue weighted by Gasteiger charge is 2.16. The molecule has 3 aromatic heterocycles. The molecule has 0 radical (unpaired) electrons. The van der Waals surface area contributed by atoms with Crippen molar-refractivity contribution in [3.05, 3.63) is 91.2 Å². The van der Waals surface area contributed by atoms with E-state index in [-0.39, 0.29) is 0 Å². The van der Waals surface area contributed by atoms with Gasteiger partial charge in [0.05, 0.1) is 23.0 Å². The van der Waals surface area contributed by atoms with E-state index in [2.05, 4.69) is 45.1 Å². The fourth-order valence-electron chi connectivity index (χ4n) is 3.97. The average molecular weight is 361 g/mol. The Morgan fingerprint density at radius 1 is 0.643 bits per heavy atom. The first kappa shape index (κ1) is 15.2. The molecule has 6 aromatic rings. The molecule has 132 valence electrons. The number of nitrogens with zero attached hydrogens (tertiary/aromatic N) is 3. The van der Waals surface area contributed by atoms with Crippen LogP contribution in [0.2, 0.25) is 0 Å². The van der Waals surface area contributed by atoms with Crippen molar-refractivity contribution in [2.24, 2.45) is 0 Å². The minimum Gasteiger partial charge on any atom is -0.464 e. The van der Waals surface area contributed by atoms with Crippen LogP contribution in [-0.2, 0) is 0 Å². The maximum Gasteiger partial charge on any atom is 0.160 e. The number of para-hydroxylation sites is 1. The zero-order chi connectivity index (χ0) is 18.5. The lowest BCUT2D eigenvalue weighted by Gasteiger charge is -2.07. The summed E-state index contributed by atoms with van der Waals surface area (Å²) in [5, 5.41) is 12.5. The van der Waals surface area contributed by atoms with Crippen LogP contribution < -0.4 is 0 Å². The molecule has 0 saturated carbocycles. The van der Waals surface area contributed by atoms with Crippen LogP contribution >= 0.6 is 0 Å². The SMILES string of the molecule is c1ccc(-c2ccc(-n3c4ccccc4c4c5ccoc5ccc43)nn2)cc1. The molecule has 4 heteroatoms. The van der Waals surface area contributed by atoms with Gasteiger partial charge in [-0.2, -0.15) is 0 Å². The van der Waals surface area contributed by atoms with E-state index in [0.29, 0.717) is 0 Å². The third-order valence-electron chi connectivity index (χ3n) is 5.22. The molecule has 0 spiro atoms. The largest absolute Gasteiger partial charge is 0.464 e. The summed E-state index contributed by atoms with van der Waals surface area (Å²) in [7, 11) is 0. The van der Waals surface area contributed by atoms with Crippen LogP contribution in [0.4, 0.5) is 0 Å². The van der Waals surface area contributed by atoms with Gasteiger partial charge in [0.1, 0.15) is 5.58 Å². The van der Waals surface area contributed by atoms with E-state index in [1.165, 1.54) is 10.8 Å². The van der Waals surface area contributed by atoms with Gasteiger partial charge in [0.2, 0.25) is 0 Å². The average Bonchev–Trinajstić information content (AvgIpc) is 3.36. The van der Waals surface area contributed by atoms with E-state index in [1.807, 2.05) is 54.6 Å². The maximum absolute atomic E-state index is 5.62. The summed E-state index contributed by atoms with van der Waals surface area (Å²) in [5.41, 5.74) is 5.01. The van der Waals surface area contributed by atoms with Crippen LogP contribution in [0.15, 0.2) is 95.6 Å². The van der Waals surface area contributed by atoms with Gasteiger partial charge in [-0.05, 0) is 36.4 Å². The number of rotatable bonds is 2. The lowest BCUT2D eigenvalue weighted by atomic mass is 10.1. The number of hydrogen-bond acceptors (Lipinski definition) is 3. The second-order valence-electron chi connectivity index (χ2n) is 6.79. The van der Waals surface area contributed by atoms with Gasteiger partial charge >= 0.3 is 0 Å². The molecule has 0 amide bonds. The molecule has 3 aromatic carbocycles. The van der Waals surface area contributed by atoms with Gasteiger partial charge in [-0.15, -0.1) is 10.2 Å². The minimum atomic E-state index is 0.800. The van der Waals surface area contributed by atoms with Crippen molar-refractivity contribution < 1.29 is 4.42 Å². The molecule has 0 bridgehead atoms. The van der Waals surface area contributed by atoms with Crippen LogP contribution in [0.3, 0.4) is 0 Å². The zero-order valence-electron chi connectivity index (χ0n) is 14.9. The third-order valence-corrected chi connectivity index (χ3v) is 5.22. The molecule has 0 fully saturated rings. The van der Waals surface area contributed by atoms with Crippen LogP contribution in [-0.4, -0.2) is 14.8 Å². The molecular formula is C24H15N3O. The zero-order valence-corrected chi connectivity index (χ0v) is 14.9. The Morgan fingerprint density at radius 3 is 2.36 bits per heavy atom. The van der Waals surface area contributed by atoms with Crippen LogP contribution in [0.25, 0.3) is 49.9 Å². The van der Waals surface area contributed by atoms with Gasteiger partial charge in [-0.25, -0.2) is 0 Å². The predicted molar refractivity (Wildman–Crippen MR) is 112 cm³/mol. The monoisotopic (exact) mass is 361 g/mol. The molecule has 4 nitrogen and oxygen atoms in total. The number of aromatic nitrogens is 3. The van der Waals surface area contributed by atoms with E-state index in [4.69, 9.17) is 4.42 Å². The molecule has 0 aliphatic heterocycles. The second-order valence-corrected chi connectivity index (χ2v) is 6.79. The Bertz CT molecular complexity index is 1440. The first-order valence-corrected chi connectivity index (χ1v) is 9.19. The van der Waals surface area contributed by atoms with Crippen molar-refractivity contribution in [2.75, 3.05) is 0 Å². The molecule has 0 unspecified atom stereocenters. The number of furan rings is 1. The highest BCUT2D eigenvalue weighted by molar-refractivity contribution is 6.20. The Labute approximate surface area is 160 Å². The van der Waals surface area contributed by atoms with E-state index in [0.717, 1.165) is 39.1 Å². The van der Waals surface area contributed by atoms with Crippen LogP contribution in [0, 0.1) is 0 Å². The number of benzene rings is 3. The van der Waals surface area contributed by atoms with Crippen molar-refractivity contribution in [2.45, 2.75) is 0 Å². The van der Waals surface area contributed by atoms with Crippen LogP contribution in [0.1, 0.15) is 0 Å². The second kappa shape index (κ2) is 5.79. The quantitative estimate of drug-likeness (QED) is 0.381. The highest BCUT2D eigenvalue weighted by Crippen LogP contribution is 2.36. The lowest BCUT2D eigenvalue weighted by molar-refractivity contribution is 0.616. The van der Waals surface area contributed by atoms with Crippen molar-refractivity contribution in [3.8, 4) is 17.1 Å². The van der Waals surface area contributed by atoms with Gasteiger partial charge in [0.25, 0.3) is 0 Å². The summed E-state index contributed by atoms with van der Waals surface area (Å²) in [5.74, 6) is 0.800. The summed E-state index contributed by atoms with van der Waals surface area (Å²) >= 11 is 0. The summed E-state index contributed by atoms with van der Waals surface area (Å²) in [6.07, 6.45) is 1.74. The molecule has 0 atom stereocenters. The Morgan fingerprint density at radius 2 is 1.50 bits per heavy atom. The molecular weight excluding hydrogens is 346 g/mol. The summed E-state index contributed by atoms with van der Waals surface area (Å²) in [4.78, 5) is 0. The normalized spacial score (nSPS) is 11.6. The molecule has 0 aliphatic carbocycles.